The number of benzene rings is 1. The summed E-state index contributed by atoms with van der Waals surface area (Å²) < 4.78 is 21.9. The van der Waals surface area contributed by atoms with E-state index in [0.717, 1.165) is 0 Å². The minimum Gasteiger partial charge on any atom is -0.478 e. The first-order valence-electron chi connectivity index (χ1n) is 5.27. The highest BCUT2D eigenvalue weighted by Gasteiger charge is 2.13. The second kappa shape index (κ2) is 6.68. The van der Waals surface area contributed by atoms with Gasteiger partial charge in [-0.25, -0.2) is 23.1 Å². The number of carbonyl (C=O) groups excluding carboxylic acids is 1. The number of rotatable bonds is 5. The van der Waals surface area contributed by atoms with E-state index in [4.69, 9.17) is 10.2 Å². The van der Waals surface area contributed by atoms with Crippen molar-refractivity contribution in [1.29, 1.82) is 0 Å². The summed E-state index contributed by atoms with van der Waals surface area (Å²) in [4.78, 5) is 22.5. The average Bonchev–Trinajstić information content (AvgIpc) is 2.26. The summed E-state index contributed by atoms with van der Waals surface area (Å²) in [5, 5.41) is 18.3. The maximum atomic E-state index is 11.5. The van der Waals surface area contributed by atoms with Gasteiger partial charge in [0.1, 0.15) is 0 Å². The molecule has 0 aromatic heterocycles. The normalized spacial score (nSPS) is 10.9. The summed E-state index contributed by atoms with van der Waals surface area (Å²) >= 11 is 3.15. The molecular formula is C10H12BrN3O5S. The maximum Gasteiger partial charge on any atom is 0.337 e. The van der Waals surface area contributed by atoms with Gasteiger partial charge in [-0.15, -0.1) is 0 Å². The van der Waals surface area contributed by atoms with Crippen molar-refractivity contribution >= 4 is 43.6 Å². The van der Waals surface area contributed by atoms with Crippen molar-refractivity contribution in [2.24, 2.45) is 5.14 Å². The van der Waals surface area contributed by atoms with Gasteiger partial charge in [-0.2, -0.15) is 0 Å². The van der Waals surface area contributed by atoms with Gasteiger partial charge in [-0.05, 0) is 18.2 Å². The zero-order valence-electron chi connectivity index (χ0n) is 10.1. The highest BCUT2D eigenvalue weighted by molar-refractivity contribution is 9.10. The lowest BCUT2D eigenvalue weighted by Crippen LogP contribution is -2.34. The fourth-order valence-electron chi connectivity index (χ4n) is 1.28. The molecule has 5 N–H and O–H groups in total. The van der Waals surface area contributed by atoms with Crippen LogP contribution in [0.2, 0.25) is 0 Å². The summed E-state index contributed by atoms with van der Waals surface area (Å²) in [5.41, 5.74) is -0.00484. The maximum absolute atomic E-state index is 11.5. The smallest absolute Gasteiger partial charge is 0.337 e. The second-order valence-electron chi connectivity index (χ2n) is 3.74. The Morgan fingerprint density at radius 1 is 1.35 bits per heavy atom. The molecule has 0 spiro atoms. The molecule has 110 valence electrons. The molecule has 0 bridgehead atoms. The van der Waals surface area contributed by atoms with Gasteiger partial charge in [0.15, 0.2) is 0 Å². The van der Waals surface area contributed by atoms with E-state index in [0.29, 0.717) is 4.47 Å². The number of anilines is 1. The van der Waals surface area contributed by atoms with E-state index < -0.39 is 27.8 Å². The minimum absolute atomic E-state index is 0.0833. The third-order valence-electron chi connectivity index (χ3n) is 2.13. The summed E-state index contributed by atoms with van der Waals surface area (Å²) in [6, 6.07) is 3.54. The van der Waals surface area contributed by atoms with Gasteiger partial charge < -0.3 is 15.7 Å². The number of hydrogen-bond donors (Lipinski definition) is 4. The quantitative estimate of drug-likeness (QED) is 0.603. The Balaban J connectivity index is 2.70. The Bertz CT molecular complexity index is 632. The molecule has 8 nitrogen and oxygen atoms in total. The Morgan fingerprint density at radius 3 is 2.55 bits per heavy atom. The SMILES string of the molecule is NS(=O)(=O)CCNC(=O)Nc1cc(Br)ccc1C(=O)O. The molecule has 0 aliphatic heterocycles. The molecule has 0 heterocycles. The van der Waals surface area contributed by atoms with Crippen molar-refractivity contribution in [2.45, 2.75) is 0 Å². The van der Waals surface area contributed by atoms with E-state index in [1.807, 2.05) is 0 Å². The fourth-order valence-corrected chi connectivity index (χ4v) is 2.03. The zero-order chi connectivity index (χ0) is 15.3. The van der Waals surface area contributed by atoms with Crippen molar-refractivity contribution in [3.8, 4) is 0 Å². The van der Waals surface area contributed by atoms with Crippen molar-refractivity contribution in [1.82, 2.24) is 5.32 Å². The Kier molecular flexibility index (Phi) is 5.48. The first-order valence-corrected chi connectivity index (χ1v) is 7.78. The van der Waals surface area contributed by atoms with Crippen molar-refractivity contribution in [2.75, 3.05) is 17.6 Å². The number of amides is 2. The lowest BCUT2D eigenvalue weighted by atomic mass is 10.2. The molecular weight excluding hydrogens is 354 g/mol. The van der Waals surface area contributed by atoms with Gasteiger partial charge in [-0.1, -0.05) is 15.9 Å². The lowest BCUT2D eigenvalue weighted by molar-refractivity contribution is 0.0698. The molecule has 0 saturated carbocycles. The number of nitrogens with one attached hydrogen (secondary N) is 2. The molecule has 0 unspecified atom stereocenters. The molecule has 1 rings (SSSR count). The number of hydrogen-bond acceptors (Lipinski definition) is 4. The van der Waals surface area contributed by atoms with Gasteiger partial charge in [0.05, 0.1) is 17.0 Å². The van der Waals surface area contributed by atoms with Gasteiger partial charge in [0.25, 0.3) is 0 Å². The topological polar surface area (TPSA) is 139 Å². The van der Waals surface area contributed by atoms with Crippen LogP contribution in [0.25, 0.3) is 0 Å². The number of carboxylic acid groups (broad SMARTS) is 1. The van der Waals surface area contributed by atoms with Crippen LogP contribution >= 0.6 is 15.9 Å². The molecule has 20 heavy (non-hydrogen) atoms. The molecule has 0 atom stereocenters. The fraction of sp³-hybridized carbons (Fsp3) is 0.200. The Labute approximate surface area is 123 Å². The van der Waals surface area contributed by atoms with Gasteiger partial charge in [0.2, 0.25) is 10.0 Å². The van der Waals surface area contributed by atoms with Crippen LogP contribution in [0, 0.1) is 0 Å². The molecule has 2 amide bonds. The van der Waals surface area contributed by atoms with E-state index in [1.165, 1.54) is 18.2 Å². The first kappa shape index (κ1) is 16.4. The Hall–Kier alpha value is -1.65. The highest BCUT2D eigenvalue weighted by atomic mass is 79.9. The molecule has 0 aliphatic carbocycles. The molecule has 10 heteroatoms. The van der Waals surface area contributed by atoms with Gasteiger partial charge in [-0.3, -0.25) is 0 Å². The van der Waals surface area contributed by atoms with E-state index >= 15 is 0 Å². The van der Waals surface area contributed by atoms with E-state index in [1.54, 1.807) is 0 Å². The van der Waals surface area contributed by atoms with E-state index in [9.17, 15) is 18.0 Å². The number of nitrogens with two attached hydrogens (primary N) is 1. The summed E-state index contributed by atoms with van der Waals surface area (Å²) in [6.07, 6.45) is 0. The molecule has 0 aliphatic rings. The van der Waals surface area contributed by atoms with Crippen LogP contribution in [0.3, 0.4) is 0 Å². The molecule has 1 aromatic rings. The lowest BCUT2D eigenvalue weighted by Gasteiger charge is -2.10. The van der Waals surface area contributed by atoms with Crippen LogP contribution < -0.4 is 15.8 Å². The number of aromatic carboxylic acids is 1. The van der Waals surface area contributed by atoms with Crippen LogP contribution in [0.1, 0.15) is 10.4 Å². The van der Waals surface area contributed by atoms with Crippen molar-refractivity contribution in [3.05, 3.63) is 28.2 Å². The minimum atomic E-state index is -3.67. The number of urea groups is 1. The predicted octanol–water partition coefficient (Wildman–Crippen LogP) is 0.557. The summed E-state index contributed by atoms with van der Waals surface area (Å²) in [7, 11) is -3.67. The molecule has 0 radical (unpaired) electrons. The van der Waals surface area contributed by atoms with Crippen LogP contribution in [0.15, 0.2) is 22.7 Å². The zero-order valence-corrected chi connectivity index (χ0v) is 12.5. The summed E-state index contributed by atoms with van der Waals surface area (Å²) in [6.45, 7) is -0.179. The third-order valence-corrected chi connectivity index (χ3v) is 3.40. The number of sulfonamides is 1. The number of primary sulfonamides is 1. The van der Waals surface area contributed by atoms with Gasteiger partial charge >= 0.3 is 12.0 Å². The van der Waals surface area contributed by atoms with Crippen molar-refractivity contribution < 1.29 is 23.1 Å². The monoisotopic (exact) mass is 365 g/mol. The number of carboxylic acids is 1. The van der Waals surface area contributed by atoms with Crippen LogP contribution in [0.5, 0.6) is 0 Å². The molecule has 0 fully saturated rings. The van der Waals surface area contributed by atoms with E-state index in [-0.39, 0.29) is 17.8 Å². The largest absolute Gasteiger partial charge is 0.478 e. The van der Waals surface area contributed by atoms with Crippen LogP contribution in [-0.2, 0) is 10.0 Å². The Morgan fingerprint density at radius 2 is 2.00 bits per heavy atom. The predicted molar refractivity (Wildman–Crippen MR) is 76.1 cm³/mol. The van der Waals surface area contributed by atoms with Gasteiger partial charge in [0, 0.05) is 11.0 Å². The number of carbonyl (C=O) groups is 2. The van der Waals surface area contributed by atoms with E-state index in [2.05, 4.69) is 26.6 Å². The molecule has 1 aromatic carbocycles. The standard InChI is InChI=1S/C10H12BrN3O5S/c11-6-1-2-7(9(15)16)8(5-6)14-10(17)13-3-4-20(12,18)19/h1-2,5H,3-4H2,(H,15,16)(H2,12,18,19)(H2,13,14,17). The summed E-state index contributed by atoms with van der Waals surface area (Å²) in [5.74, 6) is -1.61. The van der Waals surface area contributed by atoms with Crippen molar-refractivity contribution in [3.63, 3.8) is 0 Å². The highest BCUT2D eigenvalue weighted by Crippen LogP contribution is 2.21. The average molecular weight is 366 g/mol. The molecule has 0 saturated heterocycles. The van der Waals surface area contributed by atoms with Crippen LogP contribution in [0.4, 0.5) is 10.5 Å². The first-order chi connectivity index (χ1) is 9.19. The number of halogens is 1. The second-order valence-corrected chi connectivity index (χ2v) is 6.39. The third kappa shape index (κ3) is 5.55. The van der Waals surface area contributed by atoms with Crippen LogP contribution in [-0.4, -0.2) is 37.8 Å².